The topological polar surface area (TPSA) is 50.2 Å². The zero-order chi connectivity index (χ0) is 17.7. The van der Waals surface area contributed by atoms with E-state index in [-0.39, 0.29) is 11.4 Å². The van der Waals surface area contributed by atoms with Crippen LogP contribution >= 0.6 is 0 Å². The fourth-order valence-corrected chi connectivity index (χ4v) is 2.42. The number of urea groups is 1. The smallest absolute Gasteiger partial charge is 0.317 e. The van der Waals surface area contributed by atoms with Crippen molar-refractivity contribution in [3.8, 4) is 0 Å². The molecule has 0 saturated heterocycles. The maximum absolute atomic E-state index is 12.2. The van der Waals surface area contributed by atoms with Crippen molar-refractivity contribution < 1.29 is 4.79 Å². The van der Waals surface area contributed by atoms with Crippen LogP contribution < -0.4 is 5.32 Å². The third kappa shape index (κ3) is 4.37. The Morgan fingerprint density at radius 1 is 1.29 bits per heavy atom. The number of nitrogens with zero attached hydrogens (tertiary/aromatic N) is 3. The van der Waals surface area contributed by atoms with Crippen LogP contribution in [0.15, 0.2) is 36.7 Å². The molecule has 0 fully saturated rings. The van der Waals surface area contributed by atoms with Crippen molar-refractivity contribution in [3.05, 3.63) is 53.6 Å². The Morgan fingerprint density at radius 3 is 2.50 bits per heavy atom. The number of hydrogen-bond donors (Lipinski definition) is 1. The summed E-state index contributed by atoms with van der Waals surface area (Å²) in [7, 11) is 3.70. The summed E-state index contributed by atoms with van der Waals surface area (Å²) in [4.78, 5) is 18.1. The highest BCUT2D eigenvalue weighted by Crippen LogP contribution is 2.26. The Labute approximate surface area is 144 Å². The van der Waals surface area contributed by atoms with Gasteiger partial charge in [-0.15, -0.1) is 0 Å². The molecule has 130 valence electrons. The lowest BCUT2D eigenvalue weighted by molar-refractivity contribution is 0.205. The Kier molecular flexibility index (Phi) is 5.65. The molecule has 0 atom stereocenters. The predicted molar refractivity (Wildman–Crippen MR) is 96.7 cm³/mol. The quantitative estimate of drug-likeness (QED) is 0.883. The van der Waals surface area contributed by atoms with Gasteiger partial charge in [0.1, 0.15) is 5.82 Å². The minimum Gasteiger partial charge on any atom is -0.337 e. The van der Waals surface area contributed by atoms with E-state index in [1.807, 2.05) is 17.8 Å². The van der Waals surface area contributed by atoms with E-state index in [0.717, 1.165) is 17.8 Å². The number of rotatable bonds is 6. The number of amides is 2. The SMILES string of the molecule is CCC(C)(C)c1ccc(CNC(=O)N(C)Cc2nccn2C)cc1. The second-order valence-electron chi connectivity index (χ2n) is 6.90. The lowest BCUT2D eigenvalue weighted by Crippen LogP contribution is -2.37. The molecule has 0 bridgehead atoms. The summed E-state index contributed by atoms with van der Waals surface area (Å²) in [6.07, 6.45) is 4.71. The number of carbonyl (C=O) groups is 1. The molecule has 0 aliphatic carbocycles. The van der Waals surface area contributed by atoms with E-state index in [1.54, 1.807) is 18.1 Å². The maximum Gasteiger partial charge on any atom is 0.317 e. The standard InChI is InChI=1S/C19H28N4O/c1-6-19(2,3)16-9-7-15(8-10-16)13-21-18(24)23(5)14-17-20-11-12-22(17)4/h7-12H,6,13-14H2,1-5H3,(H,21,24). The number of imidazole rings is 1. The second-order valence-corrected chi connectivity index (χ2v) is 6.90. The molecule has 0 unspecified atom stereocenters. The van der Waals surface area contributed by atoms with Gasteiger partial charge in [-0.1, -0.05) is 45.0 Å². The van der Waals surface area contributed by atoms with Crippen LogP contribution in [0.2, 0.25) is 0 Å². The van der Waals surface area contributed by atoms with Crippen molar-refractivity contribution in [1.82, 2.24) is 19.8 Å². The van der Waals surface area contributed by atoms with E-state index in [9.17, 15) is 4.79 Å². The molecule has 24 heavy (non-hydrogen) atoms. The summed E-state index contributed by atoms with van der Waals surface area (Å²) in [5.41, 5.74) is 2.61. The van der Waals surface area contributed by atoms with Gasteiger partial charge in [0, 0.05) is 33.0 Å². The fraction of sp³-hybridized carbons (Fsp3) is 0.474. The number of carbonyl (C=O) groups excluding carboxylic acids is 1. The van der Waals surface area contributed by atoms with E-state index in [4.69, 9.17) is 0 Å². The van der Waals surface area contributed by atoms with Crippen molar-refractivity contribution >= 4 is 6.03 Å². The largest absolute Gasteiger partial charge is 0.337 e. The molecule has 5 nitrogen and oxygen atoms in total. The normalized spacial score (nSPS) is 11.4. The molecule has 1 aromatic heterocycles. The monoisotopic (exact) mass is 328 g/mol. The van der Waals surface area contributed by atoms with Gasteiger partial charge in [0.2, 0.25) is 0 Å². The average molecular weight is 328 g/mol. The lowest BCUT2D eigenvalue weighted by atomic mass is 9.82. The second kappa shape index (κ2) is 7.51. The van der Waals surface area contributed by atoms with Crippen LogP contribution in [-0.2, 0) is 25.6 Å². The highest BCUT2D eigenvalue weighted by molar-refractivity contribution is 5.73. The Morgan fingerprint density at radius 2 is 1.96 bits per heavy atom. The predicted octanol–water partition coefficient (Wildman–Crippen LogP) is 3.45. The van der Waals surface area contributed by atoms with E-state index < -0.39 is 0 Å². The Bertz CT molecular complexity index is 673. The maximum atomic E-state index is 12.2. The first kappa shape index (κ1) is 18.0. The Balaban J connectivity index is 1.88. The van der Waals surface area contributed by atoms with Crippen molar-refractivity contribution in [2.24, 2.45) is 7.05 Å². The van der Waals surface area contributed by atoms with Gasteiger partial charge in [-0.25, -0.2) is 9.78 Å². The number of nitrogens with one attached hydrogen (secondary N) is 1. The minimum absolute atomic E-state index is 0.101. The van der Waals surface area contributed by atoms with Crippen LogP contribution in [0.4, 0.5) is 4.79 Å². The Hall–Kier alpha value is -2.30. The summed E-state index contributed by atoms with van der Waals surface area (Å²) in [6.45, 7) is 7.70. The van der Waals surface area contributed by atoms with E-state index >= 15 is 0 Å². The summed E-state index contributed by atoms with van der Waals surface area (Å²) >= 11 is 0. The zero-order valence-electron chi connectivity index (χ0n) is 15.3. The molecule has 2 rings (SSSR count). The van der Waals surface area contributed by atoms with Gasteiger partial charge in [0.25, 0.3) is 0 Å². The molecule has 5 heteroatoms. The molecule has 0 aliphatic heterocycles. The highest BCUT2D eigenvalue weighted by atomic mass is 16.2. The van der Waals surface area contributed by atoms with Gasteiger partial charge >= 0.3 is 6.03 Å². The molecule has 1 N–H and O–H groups in total. The summed E-state index contributed by atoms with van der Waals surface area (Å²) < 4.78 is 1.91. The summed E-state index contributed by atoms with van der Waals surface area (Å²) in [5.74, 6) is 0.860. The third-order valence-electron chi connectivity index (χ3n) is 4.71. The first-order valence-corrected chi connectivity index (χ1v) is 8.38. The van der Waals surface area contributed by atoms with Gasteiger partial charge in [0.15, 0.2) is 0 Å². The van der Waals surface area contributed by atoms with E-state index in [0.29, 0.717) is 13.1 Å². The summed E-state index contributed by atoms with van der Waals surface area (Å²) in [6, 6.07) is 8.39. The molecular formula is C19H28N4O. The molecule has 0 aliphatic rings. The first-order valence-electron chi connectivity index (χ1n) is 8.38. The molecule has 0 saturated carbocycles. The lowest BCUT2D eigenvalue weighted by Gasteiger charge is -2.23. The number of benzene rings is 1. The first-order chi connectivity index (χ1) is 11.3. The van der Waals surface area contributed by atoms with Gasteiger partial charge in [-0.05, 0) is 23.0 Å². The zero-order valence-corrected chi connectivity index (χ0v) is 15.3. The van der Waals surface area contributed by atoms with Gasteiger partial charge in [-0.3, -0.25) is 0 Å². The van der Waals surface area contributed by atoms with Crippen molar-refractivity contribution in [3.63, 3.8) is 0 Å². The number of hydrogen-bond acceptors (Lipinski definition) is 2. The molecule has 0 spiro atoms. The van der Waals surface area contributed by atoms with Crippen LogP contribution in [0.3, 0.4) is 0 Å². The molecule has 1 heterocycles. The molecular weight excluding hydrogens is 300 g/mol. The van der Waals surface area contributed by atoms with Crippen molar-refractivity contribution in [1.29, 1.82) is 0 Å². The van der Waals surface area contributed by atoms with E-state index in [2.05, 4.69) is 55.3 Å². The molecule has 1 aromatic carbocycles. The van der Waals surface area contributed by atoms with Crippen molar-refractivity contribution in [2.45, 2.75) is 45.7 Å². The van der Waals surface area contributed by atoms with Crippen LogP contribution in [0, 0.1) is 0 Å². The molecule has 2 amide bonds. The van der Waals surface area contributed by atoms with Gasteiger partial charge < -0.3 is 14.8 Å². The van der Waals surface area contributed by atoms with Crippen LogP contribution in [0.5, 0.6) is 0 Å². The third-order valence-corrected chi connectivity index (χ3v) is 4.71. The van der Waals surface area contributed by atoms with Crippen LogP contribution in [0.25, 0.3) is 0 Å². The fourth-order valence-electron chi connectivity index (χ4n) is 2.42. The van der Waals surface area contributed by atoms with Crippen LogP contribution in [0.1, 0.15) is 44.1 Å². The minimum atomic E-state index is -0.101. The summed E-state index contributed by atoms with van der Waals surface area (Å²) in [5, 5.41) is 2.95. The molecule has 2 aromatic rings. The van der Waals surface area contributed by atoms with Crippen LogP contribution in [-0.4, -0.2) is 27.5 Å². The number of aryl methyl sites for hydroxylation is 1. The highest BCUT2D eigenvalue weighted by Gasteiger charge is 2.17. The van der Waals surface area contributed by atoms with E-state index in [1.165, 1.54) is 5.56 Å². The average Bonchev–Trinajstić information content (AvgIpc) is 2.97. The van der Waals surface area contributed by atoms with Gasteiger partial charge in [0.05, 0.1) is 6.54 Å². The molecule has 0 radical (unpaired) electrons. The van der Waals surface area contributed by atoms with Gasteiger partial charge in [-0.2, -0.15) is 0 Å². The van der Waals surface area contributed by atoms with Crippen molar-refractivity contribution in [2.75, 3.05) is 7.05 Å². The number of aromatic nitrogens is 2.